The average Bonchev–Trinajstić information content (AvgIpc) is 2.66. The topological polar surface area (TPSA) is 125 Å². The molecule has 1 amide bonds. The standard InChI is InChI=1S/C21H37NO7/c1-6-12-9-16(28-4)17(22-11(3)23)14(10(12)2)7-13-8-15(21(26)27)19(25)20(29-5)18(13)24/h10,12-20,24-25H,6-9H2,1-5H3,(H,22,23)(H,26,27)/t10-,12?,13+,14-,15?,16+,17?,18?,19-,20+/m0/s1. The predicted octanol–water partition coefficient (Wildman–Crippen LogP) is 1.04. The Hall–Kier alpha value is -1.22. The summed E-state index contributed by atoms with van der Waals surface area (Å²) in [5.74, 6) is -1.88. The van der Waals surface area contributed by atoms with Gasteiger partial charge < -0.3 is 30.1 Å². The fourth-order valence-corrected chi connectivity index (χ4v) is 5.60. The van der Waals surface area contributed by atoms with E-state index in [9.17, 15) is 24.9 Å². The number of aliphatic hydroxyl groups excluding tert-OH is 2. The van der Waals surface area contributed by atoms with Gasteiger partial charge in [0.1, 0.15) is 6.10 Å². The van der Waals surface area contributed by atoms with E-state index < -0.39 is 30.2 Å². The van der Waals surface area contributed by atoms with E-state index in [1.807, 2.05) is 0 Å². The first kappa shape index (κ1) is 24.1. The Kier molecular flexibility index (Phi) is 8.46. The number of hydrogen-bond acceptors (Lipinski definition) is 6. The lowest BCUT2D eigenvalue weighted by Crippen LogP contribution is -2.58. The Morgan fingerprint density at radius 2 is 1.72 bits per heavy atom. The molecule has 0 radical (unpaired) electrons. The zero-order valence-corrected chi connectivity index (χ0v) is 18.1. The quantitative estimate of drug-likeness (QED) is 0.489. The minimum absolute atomic E-state index is 0.0180. The molecule has 2 aliphatic carbocycles. The van der Waals surface area contributed by atoms with Crippen molar-refractivity contribution >= 4 is 11.9 Å². The largest absolute Gasteiger partial charge is 0.481 e. The van der Waals surface area contributed by atoms with Crippen molar-refractivity contribution in [3.63, 3.8) is 0 Å². The van der Waals surface area contributed by atoms with E-state index in [1.54, 1.807) is 7.11 Å². The number of aliphatic hydroxyl groups is 2. The molecule has 0 bridgehead atoms. The first-order valence-corrected chi connectivity index (χ1v) is 10.6. The molecule has 8 nitrogen and oxygen atoms in total. The number of amides is 1. The molecule has 2 fully saturated rings. The molecule has 0 saturated heterocycles. The number of hydrogen-bond donors (Lipinski definition) is 4. The second kappa shape index (κ2) is 10.2. The predicted molar refractivity (Wildman–Crippen MR) is 106 cm³/mol. The van der Waals surface area contributed by atoms with E-state index in [0.29, 0.717) is 12.3 Å². The molecule has 29 heavy (non-hydrogen) atoms. The Balaban J connectivity index is 2.31. The highest BCUT2D eigenvalue weighted by Crippen LogP contribution is 2.44. The summed E-state index contributed by atoms with van der Waals surface area (Å²) in [6, 6.07) is -0.210. The van der Waals surface area contributed by atoms with Gasteiger partial charge in [0.25, 0.3) is 0 Å². The molecule has 0 aliphatic heterocycles. The fraction of sp³-hybridized carbons (Fsp3) is 0.905. The number of carboxylic acid groups (broad SMARTS) is 1. The van der Waals surface area contributed by atoms with E-state index >= 15 is 0 Å². The lowest BCUT2D eigenvalue weighted by atomic mass is 9.63. The first-order chi connectivity index (χ1) is 13.7. The molecule has 0 aromatic heterocycles. The minimum Gasteiger partial charge on any atom is -0.481 e. The minimum atomic E-state index is -1.26. The molecular weight excluding hydrogens is 378 g/mol. The van der Waals surface area contributed by atoms with Crippen molar-refractivity contribution in [1.29, 1.82) is 0 Å². The molecule has 10 atom stereocenters. The average molecular weight is 416 g/mol. The Bertz CT molecular complexity index is 571. The number of nitrogens with one attached hydrogen (secondary N) is 1. The zero-order valence-electron chi connectivity index (χ0n) is 18.1. The van der Waals surface area contributed by atoms with Crippen molar-refractivity contribution < 1.29 is 34.4 Å². The van der Waals surface area contributed by atoms with Crippen LogP contribution in [0.3, 0.4) is 0 Å². The number of aliphatic carboxylic acids is 1. The van der Waals surface area contributed by atoms with Gasteiger partial charge in [0.15, 0.2) is 0 Å². The van der Waals surface area contributed by atoms with E-state index in [2.05, 4.69) is 19.2 Å². The Morgan fingerprint density at radius 3 is 2.21 bits per heavy atom. The van der Waals surface area contributed by atoms with Crippen LogP contribution in [-0.2, 0) is 19.1 Å². The van der Waals surface area contributed by atoms with Crippen molar-refractivity contribution in [2.45, 2.75) is 76.9 Å². The normalized spacial score (nSPS) is 43.0. The van der Waals surface area contributed by atoms with E-state index in [4.69, 9.17) is 9.47 Å². The summed E-state index contributed by atoms with van der Waals surface area (Å²) in [5, 5.41) is 33.7. The Labute approximate surface area is 173 Å². The van der Waals surface area contributed by atoms with Crippen LogP contribution in [0.1, 0.15) is 46.5 Å². The summed E-state index contributed by atoms with van der Waals surface area (Å²) >= 11 is 0. The van der Waals surface area contributed by atoms with Crippen molar-refractivity contribution in [3.05, 3.63) is 0 Å². The van der Waals surface area contributed by atoms with Gasteiger partial charge in [0.2, 0.25) is 5.91 Å². The van der Waals surface area contributed by atoms with Crippen LogP contribution in [0.5, 0.6) is 0 Å². The van der Waals surface area contributed by atoms with Gasteiger partial charge >= 0.3 is 5.97 Å². The van der Waals surface area contributed by atoms with Crippen LogP contribution in [0.4, 0.5) is 0 Å². The summed E-state index contributed by atoms with van der Waals surface area (Å²) in [7, 11) is 3.02. The highest BCUT2D eigenvalue weighted by molar-refractivity contribution is 5.73. The summed E-state index contributed by atoms with van der Waals surface area (Å²) in [6.45, 7) is 5.77. The molecule has 4 N–H and O–H groups in total. The lowest BCUT2D eigenvalue weighted by molar-refractivity contribution is -0.176. The van der Waals surface area contributed by atoms with Gasteiger partial charge in [-0.1, -0.05) is 20.3 Å². The number of carbonyl (C=O) groups excluding carboxylic acids is 1. The molecule has 4 unspecified atom stereocenters. The van der Waals surface area contributed by atoms with Crippen molar-refractivity contribution in [3.8, 4) is 0 Å². The third-order valence-electron chi connectivity index (χ3n) is 7.30. The van der Waals surface area contributed by atoms with Crippen LogP contribution >= 0.6 is 0 Å². The summed E-state index contributed by atoms with van der Waals surface area (Å²) in [5.41, 5.74) is 0. The number of carboxylic acids is 1. The van der Waals surface area contributed by atoms with Gasteiger partial charge in [0.05, 0.1) is 30.3 Å². The Morgan fingerprint density at radius 1 is 1.07 bits per heavy atom. The second-order valence-corrected chi connectivity index (χ2v) is 8.79. The number of rotatable bonds is 7. The monoisotopic (exact) mass is 415 g/mol. The smallest absolute Gasteiger partial charge is 0.309 e. The van der Waals surface area contributed by atoms with Crippen LogP contribution in [0.15, 0.2) is 0 Å². The molecule has 2 aliphatic rings. The zero-order chi connectivity index (χ0) is 21.9. The molecule has 0 aromatic rings. The van der Waals surface area contributed by atoms with Gasteiger partial charge in [-0.3, -0.25) is 9.59 Å². The summed E-state index contributed by atoms with van der Waals surface area (Å²) in [6.07, 6.45) is -0.790. The van der Waals surface area contributed by atoms with Gasteiger partial charge in [-0.2, -0.15) is 0 Å². The molecule has 168 valence electrons. The van der Waals surface area contributed by atoms with Gasteiger partial charge in [-0.15, -0.1) is 0 Å². The van der Waals surface area contributed by atoms with Crippen LogP contribution in [-0.4, -0.2) is 71.9 Å². The van der Waals surface area contributed by atoms with Crippen LogP contribution in [0, 0.1) is 29.6 Å². The number of methoxy groups -OCH3 is 2. The van der Waals surface area contributed by atoms with Crippen molar-refractivity contribution in [2.24, 2.45) is 29.6 Å². The maximum atomic E-state index is 11.9. The van der Waals surface area contributed by atoms with E-state index in [0.717, 1.165) is 12.8 Å². The third-order valence-corrected chi connectivity index (χ3v) is 7.30. The molecule has 0 spiro atoms. The third kappa shape index (κ3) is 5.10. The SMILES string of the molecule is CCC1C[C@@H](OC)C(NC(C)=O)[C@@H](C[C@@H]2CC(C(=O)O)[C@H](O)[C@H](OC)C2O)[C@H]1C. The summed E-state index contributed by atoms with van der Waals surface area (Å²) < 4.78 is 11.0. The van der Waals surface area contributed by atoms with Gasteiger partial charge in [0, 0.05) is 21.1 Å². The fourth-order valence-electron chi connectivity index (χ4n) is 5.60. The first-order valence-electron chi connectivity index (χ1n) is 10.6. The van der Waals surface area contributed by atoms with Gasteiger partial charge in [-0.05, 0) is 42.9 Å². The van der Waals surface area contributed by atoms with E-state index in [1.165, 1.54) is 14.0 Å². The van der Waals surface area contributed by atoms with Crippen molar-refractivity contribution in [2.75, 3.05) is 14.2 Å². The maximum Gasteiger partial charge on any atom is 0.309 e. The molecular formula is C21H37NO7. The van der Waals surface area contributed by atoms with Crippen LogP contribution in [0.2, 0.25) is 0 Å². The maximum absolute atomic E-state index is 11.9. The lowest BCUT2D eigenvalue weighted by Gasteiger charge is -2.49. The van der Waals surface area contributed by atoms with Crippen LogP contribution < -0.4 is 5.32 Å². The van der Waals surface area contributed by atoms with Gasteiger partial charge in [-0.25, -0.2) is 0 Å². The highest BCUT2D eigenvalue weighted by Gasteiger charge is 2.50. The molecule has 8 heteroatoms. The highest BCUT2D eigenvalue weighted by atomic mass is 16.5. The molecule has 2 rings (SSSR count). The summed E-state index contributed by atoms with van der Waals surface area (Å²) in [4.78, 5) is 23.5. The molecule has 0 aromatic carbocycles. The van der Waals surface area contributed by atoms with Crippen LogP contribution in [0.25, 0.3) is 0 Å². The van der Waals surface area contributed by atoms with Crippen molar-refractivity contribution in [1.82, 2.24) is 5.32 Å². The number of ether oxygens (including phenoxy) is 2. The molecule has 0 heterocycles. The number of carbonyl (C=O) groups is 2. The molecule has 2 saturated carbocycles. The second-order valence-electron chi connectivity index (χ2n) is 8.79. The van der Waals surface area contributed by atoms with E-state index in [-0.39, 0.29) is 42.2 Å².